The number of aryl methyl sites for hydroxylation is 1. The van der Waals surface area contributed by atoms with E-state index < -0.39 is 0 Å². The molecule has 0 bridgehead atoms. The number of rotatable bonds is 5. The third-order valence-electron chi connectivity index (χ3n) is 9.06. The number of nitrogen functional groups attached to an aromatic ring is 1. The summed E-state index contributed by atoms with van der Waals surface area (Å²) in [5.74, 6) is 0.612. The van der Waals surface area contributed by atoms with Crippen LogP contribution >= 0.6 is 0 Å². The van der Waals surface area contributed by atoms with Crippen molar-refractivity contribution in [3.63, 3.8) is 0 Å². The van der Waals surface area contributed by atoms with E-state index in [4.69, 9.17) is 10.7 Å². The maximum absolute atomic E-state index is 14.3. The van der Waals surface area contributed by atoms with Crippen molar-refractivity contribution < 1.29 is 4.39 Å². The zero-order valence-corrected chi connectivity index (χ0v) is 24.1. The molecule has 1 saturated carbocycles. The first-order valence-corrected chi connectivity index (χ1v) is 14.8. The Morgan fingerprint density at radius 3 is 2.38 bits per heavy atom. The number of nitrogens with zero attached hydrogens (tertiary/aromatic N) is 7. The van der Waals surface area contributed by atoms with Crippen molar-refractivity contribution in [3.05, 3.63) is 66.5 Å². The van der Waals surface area contributed by atoms with E-state index in [-0.39, 0.29) is 5.82 Å². The van der Waals surface area contributed by atoms with Crippen LogP contribution in [0.4, 0.5) is 21.8 Å². The van der Waals surface area contributed by atoms with Gasteiger partial charge in [0.05, 0.1) is 22.0 Å². The molecule has 0 radical (unpaired) electrons. The molecule has 1 saturated heterocycles. The molecule has 9 nitrogen and oxygen atoms in total. The molecular formula is C32H36FN9. The minimum atomic E-state index is -0.314. The molecule has 2 aromatic carbocycles. The highest BCUT2D eigenvalue weighted by Gasteiger charge is 2.30. The second kappa shape index (κ2) is 10.9. The van der Waals surface area contributed by atoms with Crippen molar-refractivity contribution in [1.82, 2.24) is 34.3 Å². The number of likely N-dealkylation sites (N-methyl/N-ethyl adjacent to an activating group) is 1. The molecule has 4 heterocycles. The fraction of sp³-hybridized carbons (Fsp3) is 0.375. The molecule has 0 amide bonds. The van der Waals surface area contributed by atoms with E-state index in [9.17, 15) is 4.39 Å². The van der Waals surface area contributed by atoms with Gasteiger partial charge in [0.15, 0.2) is 0 Å². The van der Waals surface area contributed by atoms with Crippen LogP contribution in [-0.4, -0.2) is 73.6 Å². The molecule has 42 heavy (non-hydrogen) atoms. The molecule has 216 valence electrons. The van der Waals surface area contributed by atoms with Gasteiger partial charge in [-0.2, -0.15) is 0 Å². The summed E-state index contributed by atoms with van der Waals surface area (Å²) >= 11 is 0. The standard InChI is InChI=1S/C32H36FN9/c1-20-28-26(33)4-3-5-27(28)39-32(37-20)38-22-8-6-21(7-9-22)25-18-42(31-29(25)30(34)35-19-36-31)24-12-10-23(11-13-24)41-16-14-40(2)15-17-41/h3-9,18-19,23-24H,10-17H2,1-2H3,(H2,34,35,36)(H,37,38,39)/t23-,24+. The highest BCUT2D eigenvalue weighted by molar-refractivity contribution is 6.00. The number of benzene rings is 2. The highest BCUT2D eigenvalue weighted by Crippen LogP contribution is 2.39. The number of nitrogens with one attached hydrogen (secondary N) is 1. The van der Waals surface area contributed by atoms with Gasteiger partial charge in [0, 0.05) is 55.7 Å². The lowest BCUT2D eigenvalue weighted by Gasteiger charge is -2.41. The SMILES string of the molecule is Cc1nc(Nc2ccc(-c3cn([C@H]4CC[C@@H](N5CCN(C)CC5)CC4)c4ncnc(N)c34)cc2)nc2cccc(F)c12. The third kappa shape index (κ3) is 4.94. The molecule has 5 aromatic rings. The first kappa shape index (κ1) is 26.7. The fourth-order valence-corrected chi connectivity index (χ4v) is 6.73. The van der Waals surface area contributed by atoms with Crippen LogP contribution in [0.1, 0.15) is 37.4 Å². The molecule has 1 aliphatic heterocycles. The number of anilines is 3. The Kier molecular flexibility index (Phi) is 6.95. The van der Waals surface area contributed by atoms with Gasteiger partial charge in [-0.1, -0.05) is 18.2 Å². The second-order valence-corrected chi connectivity index (χ2v) is 11.7. The monoisotopic (exact) mass is 565 g/mol. The van der Waals surface area contributed by atoms with E-state index >= 15 is 0 Å². The smallest absolute Gasteiger partial charge is 0.228 e. The highest BCUT2D eigenvalue weighted by atomic mass is 19.1. The van der Waals surface area contributed by atoms with E-state index in [1.807, 2.05) is 12.1 Å². The summed E-state index contributed by atoms with van der Waals surface area (Å²) in [7, 11) is 2.21. The Hall–Kier alpha value is -4.15. The number of halogens is 1. The molecule has 10 heteroatoms. The summed E-state index contributed by atoms with van der Waals surface area (Å²) < 4.78 is 16.6. The summed E-state index contributed by atoms with van der Waals surface area (Å²) in [6.07, 6.45) is 8.44. The zero-order valence-electron chi connectivity index (χ0n) is 24.1. The van der Waals surface area contributed by atoms with Crippen molar-refractivity contribution in [1.29, 1.82) is 0 Å². The normalized spacial score (nSPS) is 20.4. The van der Waals surface area contributed by atoms with Crippen LogP contribution in [0.25, 0.3) is 33.1 Å². The van der Waals surface area contributed by atoms with Crippen LogP contribution in [0.2, 0.25) is 0 Å². The first-order chi connectivity index (χ1) is 20.4. The van der Waals surface area contributed by atoms with Gasteiger partial charge in [0.25, 0.3) is 0 Å². The molecular weight excluding hydrogens is 529 g/mol. The van der Waals surface area contributed by atoms with Crippen LogP contribution in [0, 0.1) is 12.7 Å². The van der Waals surface area contributed by atoms with Crippen LogP contribution in [0.15, 0.2) is 55.0 Å². The summed E-state index contributed by atoms with van der Waals surface area (Å²) in [6, 6.07) is 14.1. The molecule has 2 aliphatic rings. The van der Waals surface area contributed by atoms with Crippen LogP contribution in [0.5, 0.6) is 0 Å². The van der Waals surface area contributed by atoms with Crippen molar-refractivity contribution in [2.45, 2.75) is 44.7 Å². The number of hydrogen-bond acceptors (Lipinski definition) is 8. The molecule has 2 fully saturated rings. The number of hydrogen-bond donors (Lipinski definition) is 2. The van der Waals surface area contributed by atoms with E-state index in [1.54, 1.807) is 25.4 Å². The minimum Gasteiger partial charge on any atom is -0.383 e. The predicted molar refractivity (Wildman–Crippen MR) is 165 cm³/mol. The van der Waals surface area contributed by atoms with Crippen LogP contribution < -0.4 is 11.1 Å². The lowest BCUT2D eigenvalue weighted by molar-refractivity contribution is 0.0828. The molecule has 7 rings (SSSR count). The molecule has 0 spiro atoms. The van der Waals surface area contributed by atoms with Gasteiger partial charge in [0.2, 0.25) is 5.95 Å². The van der Waals surface area contributed by atoms with Gasteiger partial charge in [-0.15, -0.1) is 0 Å². The zero-order chi connectivity index (χ0) is 28.8. The van der Waals surface area contributed by atoms with Gasteiger partial charge < -0.3 is 20.5 Å². The molecule has 3 N–H and O–H groups in total. The Morgan fingerprint density at radius 1 is 0.881 bits per heavy atom. The van der Waals surface area contributed by atoms with Crippen LogP contribution in [0.3, 0.4) is 0 Å². The Morgan fingerprint density at radius 2 is 1.62 bits per heavy atom. The summed E-state index contributed by atoms with van der Waals surface area (Å²) in [5, 5.41) is 4.61. The average Bonchev–Trinajstić information content (AvgIpc) is 3.39. The Bertz CT molecular complexity index is 1730. The Balaban J connectivity index is 1.13. The van der Waals surface area contributed by atoms with Crippen LogP contribution in [-0.2, 0) is 0 Å². The van der Waals surface area contributed by atoms with Gasteiger partial charge in [0.1, 0.15) is 23.6 Å². The number of piperazine rings is 1. The van der Waals surface area contributed by atoms with E-state index in [1.165, 1.54) is 32.0 Å². The van der Waals surface area contributed by atoms with Gasteiger partial charge in [-0.05, 0) is 69.5 Å². The van der Waals surface area contributed by atoms with Crippen molar-refractivity contribution in [3.8, 4) is 11.1 Å². The van der Waals surface area contributed by atoms with Gasteiger partial charge >= 0.3 is 0 Å². The predicted octanol–water partition coefficient (Wildman–Crippen LogP) is 5.55. The maximum Gasteiger partial charge on any atom is 0.228 e. The first-order valence-electron chi connectivity index (χ1n) is 14.8. The topological polar surface area (TPSA) is 101 Å². The summed E-state index contributed by atoms with van der Waals surface area (Å²) in [4.78, 5) is 23.1. The quantitative estimate of drug-likeness (QED) is 0.286. The van der Waals surface area contributed by atoms with Crippen molar-refractivity contribution in [2.75, 3.05) is 44.3 Å². The molecule has 0 atom stereocenters. The number of fused-ring (bicyclic) bond motifs is 2. The van der Waals surface area contributed by atoms with E-state index in [2.05, 4.69) is 60.0 Å². The Labute approximate surface area is 244 Å². The van der Waals surface area contributed by atoms with Gasteiger partial charge in [-0.3, -0.25) is 4.90 Å². The van der Waals surface area contributed by atoms with Crippen molar-refractivity contribution in [2.24, 2.45) is 0 Å². The minimum absolute atomic E-state index is 0.314. The second-order valence-electron chi connectivity index (χ2n) is 11.7. The fourth-order valence-electron chi connectivity index (χ4n) is 6.73. The third-order valence-corrected chi connectivity index (χ3v) is 9.06. The lowest BCUT2D eigenvalue weighted by atomic mass is 9.89. The van der Waals surface area contributed by atoms with E-state index in [0.29, 0.717) is 40.4 Å². The number of aromatic nitrogens is 5. The molecule has 1 aliphatic carbocycles. The number of nitrogens with two attached hydrogens (primary N) is 1. The maximum atomic E-state index is 14.3. The average molecular weight is 566 g/mol. The molecule has 0 unspecified atom stereocenters. The molecule has 3 aromatic heterocycles. The van der Waals surface area contributed by atoms with Crippen molar-refractivity contribution >= 4 is 39.4 Å². The lowest BCUT2D eigenvalue weighted by Crippen LogP contribution is -2.49. The van der Waals surface area contributed by atoms with E-state index in [0.717, 1.165) is 53.8 Å². The van der Waals surface area contributed by atoms with Gasteiger partial charge in [-0.25, -0.2) is 24.3 Å². The summed E-state index contributed by atoms with van der Waals surface area (Å²) in [6.45, 7) is 6.45. The largest absolute Gasteiger partial charge is 0.383 e. The summed E-state index contributed by atoms with van der Waals surface area (Å²) in [5.41, 5.74) is 11.4.